The fraction of sp³-hybridized carbons (Fsp3) is 0.0625. The van der Waals surface area contributed by atoms with Crippen molar-refractivity contribution in [1.82, 2.24) is 0 Å². The molecule has 4 heteroatoms. The van der Waals surface area contributed by atoms with Gasteiger partial charge in [0.1, 0.15) is 0 Å². The average molecular weight is 299 g/mol. The predicted molar refractivity (Wildman–Crippen MR) is 89.0 cm³/mol. The third kappa shape index (κ3) is 2.71. The van der Waals surface area contributed by atoms with E-state index in [9.17, 15) is 5.11 Å². The van der Waals surface area contributed by atoms with Crippen molar-refractivity contribution in [2.75, 3.05) is 6.26 Å². The zero-order valence-corrected chi connectivity index (χ0v) is 12.5. The zero-order chi connectivity index (χ0) is 13.9. The highest BCUT2D eigenvalue weighted by Gasteiger charge is 2.04. The van der Waals surface area contributed by atoms with Crippen LogP contribution in [0.1, 0.15) is 5.56 Å². The van der Waals surface area contributed by atoms with Crippen molar-refractivity contribution in [2.24, 2.45) is 4.99 Å². The van der Waals surface area contributed by atoms with Crippen molar-refractivity contribution in [3.05, 3.63) is 54.1 Å². The first-order chi connectivity index (χ1) is 9.76. The van der Waals surface area contributed by atoms with Crippen LogP contribution in [-0.2, 0) is 0 Å². The highest BCUT2D eigenvalue weighted by Crippen LogP contribution is 2.34. The van der Waals surface area contributed by atoms with E-state index >= 15 is 0 Å². The molecule has 0 saturated heterocycles. The van der Waals surface area contributed by atoms with Gasteiger partial charge >= 0.3 is 0 Å². The number of nitrogens with zero attached hydrogens (tertiary/aromatic N) is 1. The monoisotopic (exact) mass is 299 g/mol. The highest BCUT2D eigenvalue weighted by molar-refractivity contribution is 8.00. The van der Waals surface area contributed by atoms with E-state index in [2.05, 4.69) is 23.2 Å². The molecule has 0 saturated carbocycles. The standard InChI is InChI=1S/C16H13NOS2/c1-19-15-9-13(16(18)20-15)10-17-14-7-6-11-4-2-3-5-12(11)8-14/h2-10,18H,1H3. The first-order valence-electron chi connectivity index (χ1n) is 6.16. The maximum atomic E-state index is 9.83. The Hall–Kier alpha value is -1.78. The molecule has 0 aliphatic rings. The van der Waals surface area contributed by atoms with E-state index in [1.807, 2.05) is 36.6 Å². The van der Waals surface area contributed by atoms with Crippen molar-refractivity contribution in [3.63, 3.8) is 0 Å². The summed E-state index contributed by atoms with van der Waals surface area (Å²) in [6.45, 7) is 0. The maximum Gasteiger partial charge on any atom is 0.181 e. The number of thioether (sulfide) groups is 1. The lowest BCUT2D eigenvalue weighted by molar-refractivity contribution is 0.490. The smallest absolute Gasteiger partial charge is 0.181 e. The van der Waals surface area contributed by atoms with Crippen LogP contribution in [0.15, 0.2) is 57.7 Å². The summed E-state index contributed by atoms with van der Waals surface area (Å²) < 4.78 is 1.09. The molecule has 100 valence electrons. The Morgan fingerprint density at radius 2 is 1.90 bits per heavy atom. The van der Waals surface area contributed by atoms with Gasteiger partial charge < -0.3 is 5.11 Å². The van der Waals surface area contributed by atoms with Crippen LogP contribution in [0, 0.1) is 0 Å². The zero-order valence-electron chi connectivity index (χ0n) is 10.9. The van der Waals surface area contributed by atoms with Gasteiger partial charge in [0.2, 0.25) is 0 Å². The van der Waals surface area contributed by atoms with E-state index in [-0.39, 0.29) is 0 Å². The molecule has 1 aromatic heterocycles. The number of aliphatic imine (C=N–C) groups is 1. The lowest BCUT2D eigenvalue weighted by Gasteiger charge is -1.98. The number of rotatable bonds is 3. The van der Waals surface area contributed by atoms with Gasteiger partial charge in [-0.3, -0.25) is 4.99 Å². The van der Waals surface area contributed by atoms with Crippen molar-refractivity contribution >= 4 is 45.8 Å². The minimum absolute atomic E-state index is 0.318. The van der Waals surface area contributed by atoms with Gasteiger partial charge in [0, 0.05) is 11.8 Å². The van der Waals surface area contributed by atoms with Crippen LogP contribution in [0.3, 0.4) is 0 Å². The summed E-state index contributed by atoms with van der Waals surface area (Å²) in [5.41, 5.74) is 1.66. The van der Waals surface area contributed by atoms with Gasteiger partial charge in [0.25, 0.3) is 0 Å². The number of thiophene rings is 1. The molecule has 20 heavy (non-hydrogen) atoms. The van der Waals surface area contributed by atoms with Gasteiger partial charge in [-0.1, -0.05) is 41.7 Å². The van der Waals surface area contributed by atoms with Crippen molar-refractivity contribution in [3.8, 4) is 5.06 Å². The molecule has 2 nitrogen and oxygen atoms in total. The van der Waals surface area contributed by atoms with E-state index in [0.717, 1.165) is 15.5 Å². The topological polar surface area (TPSA) is 32.6 Å². The number of hydrogen-bond acceptors (Lipinski definition) is 4. The van der Waals surface area contributed by atoms with Crippen LogP contribution >= 0.6 is 23.1 Å². The van der Waals surface area contributed by atoms with Gasteiger partial charge in [-0.2, -0.15) is 0 Å². The van der Waals surface area contributed by atoms with E-state index in [0.29, 0.717) is 5.06 Å². The Kier molecular flexibility index (Phi) is 3.76. The van der Waals surface area contributed by atoms with Crippen LogP contribution in [0.5, 0.6) is 5.06 Å². The molecule has 2 aromatic carbocycles. The Morgan fingerprint density at radius 3 is 2.65 bits per heavy atom. The maximum absolute atomic E-state index is 9.83. The van der Waals surface area contributed by atoms with Crippen LogP contribution in [0.4, 0.5) is 5.69 Å². The summed E-state index contributed by atoms with van der Waals surface area (Å²) in [4.78, 5) is 4.45. The van der Waals surface area contributed by atoms with Gasteiger partial charge in [-0.05, 0) is 35.2 Å². The molecule has 1 N–H and O–H groups in total. The number of benzene rings is 2. The minimum atomic E-state index is 0.318. The summed E-state index contributed by atoms with van der Waals surface area (Å²) >= 11 is 3.00. The summed E-state index contributed by atoms with van der Waals surface area (Å²) in [5, 5.41) is 12.5. The van der Waals surface area contributed by atoms with Crippen LogP contribution in [0.25, 0.3) is 10.8 Å². The molecule has 0 bridgehead atoms. The third-order valence-corrected chi connectivity index (χ3v) is 5.02. The molecule has 0 aliphatic carbocycles. The molecular weight excluding hydrogens is 286 g/mol. The summed E-state index contributed by atoms with van der Waals surface area (Å²) in [5.74, 6) is 0. The summed E-state index contributed by atoms with van der Waals surface area (Å²) in [6.07, 6.45) is 3.71. The Bertz CT molecular complexity index is 777. The van der Waals surface area contributed by atoms with Crippen molar-refractivity contribution in [1.29, 1.82) is 0 Å². The summed E-state index contributed by atoms with van der Waals surface area (Å²) in [7, 11) is 0. The average Bonchev–Trinajstić information content (AvgIpc) is 2.85. The van der Waals surface area contributed by atoms with Crippen LogP contribution in [-0.4, -0.2) is 17.6 Å². The molecule has 0 aliphatic heterocycles. The fourth-order valence-corrected chi connectivity index (χ4v) is 3.39. The second-order valence-electron chi connectivity index (χ2n) is 4.32. The van der Waals surface area contributed by atoms with Crippen LogP contribution < -0.4 is 0 Å². The lowest BCUT2D eigenvalue weighted by atomic mass is 10.1. The van der Waals surface area contributed by atoms with Gasteiger partial charge in [-0.15, -0.1) is 11.8 Å². The predicted octanol–water partition coefficient (Wildman–Crippen LogP) is 5.08. The van der Waals surface area contributed by atoms with E-state index < -0.39 is 0 Å². The molecule has 0 unspecified atom stereocenters. The number of aromatic hydroxyl groups is 1. The van der Waals surface area contributed by atoms with E-state index in [1.54, 1.807) is 18.0 Å². The normalized spacial score (nSPS) is 11.4. The molecule has 3 aromatic rings. The van der Waals surface area contributed by atoms with Crippen molar-refractivity contribution in [2.45, 2.75) is 4.21 Å². The van der Waals surface area contributed by atoms with E-state index in [1.165, 1.54) is 22.1 Å². The molecule has 3 rings (SSSR count). The molecule has 1 heterocycles. The SMILES string of the molecule is CSc1cc(C=Nc2ccc3ccccc3c2)c(O)s1. The van der Waals surface area contributed by atoms with Gasteiger partial charge in [-0.25, -0.2) is 0 Å². The quantitative estimate of drug-likeness (QED) is 0.540. The first kappa shape index (κ1) is 13.2. The second kappa shape index (κ2) is 5.69. The molecule has 0 radical (unpaired) electrons. The Labute approximate surface area is 125 Å². The number of fused-ring (bicyclic) bond motifs is 1. The Morgan fingerprint density at radius 1 is 1.10 bits per heavy atom. The fourth-order valence-electron chi connectivity index (χ4n) is 1.97. The third-order valence-electron chi connectivity index (χ3n) is 3.00. The Balaban J connectivity index is 1.91. The van der Waals surface area contributed by atoms with Crippen molar-refractivity contribution < 1.29 is 5.11 Å². The van der Waals surface area contributed by atoms with E-state index in [4.69, 9.17) is 0 Å². The first-order valence-corrected chi connectivity index (χ1v) is 8.20. The lowest BCUT2D eigenvalue weighted by Crippen LogP contribution is -1.76. The van der Waals surface area contributed by atoms with Gasteiger partial charge in [0.05, 0.1) is 9.90 Å². The number of hydrogen-bond donors (Lipinski definition) is 1. The molecule has 0 fully saturated rings. The second-order valence-corrected chi connectivity index (χ2v) is 6.46. The highest BCUT2D eigenvalue weighted by atomic mass is 32.2. The molecular formula is C16H13NOS2. The molecule has 0 atom stereocenters. The summed E-state index contributed by atoms with van der Waals surface area (Å²) in [6, 6.07) is 16.2. The van der Waals surface area contributed by atoms with Gasteiger partial charge in [0.15, 0.2) is 5.06 Å². The molecule has 0 amide bonds. The largest absolute Gasteiger partial charge is 0.499 e. The minimum Gasteiger partial charge on any atom is -0.499 e. The molecule has 0 spiro atoms. The van der Waals surface area contributed by atoms with Crippen LogP contribution in [0.2, 0.25) is 0 Å².